The largest absolute Gasteiger partial charge is 0.488 e. The van der Waals surface area contributed by atoms with E-state index in [-0.39, 0.29) is 18.1 Å². The van der Waals surface area contributed by atoms with Crippen LogP contribution in [0.15, 0.2) is 53.9 Å². The van der Waals surface area contributed by atoms with Crippen LogP contribution >= 0.6 is 11.3 Å². The number of amides is 1. The predicted molar refractivity (Wildman–Crippen MR) is 99.0 cm³/mol. The predicted octanol–water partition coefficient (Wildman–Crippen LogP) is 3.98. The summed E-state index contributed by atoms with van der Waals surface area (Å²) < 4.78 is 5.59. The Morgan fingerprint density at radius 3 is 2.54 bits per heavy atom. The summed E-state index contributed by atoms with van der Waals surface area (Å²) >= 11 is 1.37. The summed E-state index contributed by atoms with van der Waals surface area (Å²) in [7, 11) is 0. The van der Waals surface area contributed by atoms with Gasteiger partial charge in [0.2, 0.25) is 0 Å². The number of thiazole rings is 1. The van der Waals surface area contributed by atoms with E-state index in [1.807, 2.05) is 12.3 Å². The molecule has 0 atom stereocenters. The van der Waals surface area contributed by atoms with E-state index in [1.54, 1.807) is 42.5 Å². The van der Waals surface area contributed by atoms with E-state index in [4.69, 9.17) is 9.84 Å². The summed E-state index contributed by atoms with van der Waals surface area (Å²) in [6.07, 6.45) is 0. The zero-order chi connectivity index (χ0) is 18.5. The molecule has 0 saturated heterocycles. The number of nitrogens with zero attached hydrogens (tertiary/aromatic N) is 1. The van der Waals surface area contributed by atoms with E-state index in [1.165, 1.54) is 17.4 Å². The monoisotopic (exact) mass is 368 g/mol. The lowest BCUT2D eigenvalue weighted by atomic mass is 10.1. The Morgan fingerprint density at radius 2 is 1.88 bits per heavy atom. The highest BCUT2D eigenvalue weighted by Crippen LogP contribution is 2.20. The van der Waals surface area contributed by atoms with Gasteiger partial charge in [-0.15, -0.1) is 11.3 Å². The fourth-order valence-electron chi connectivity index (χ4n) is 2.26. The molecule has 1 heterocycles. The van der Waals surface area contributed by atoms with Gasteiger partial charge in [0.05, 0.1) is 5.69 Å². The third-order valence-electron chi connectivity index (χ3n) is 3.57. The van der Waals surface area contributed by atoms with Crippen LogP contribution in [0.4, 0.5) is 5.13 Å². The molecule has 0 aliphatic heterocycles. The lowest BCUT2D eigenvalue weighted by Gasteiger charge is -2.09. The van der Waals surface area contributed by atoms with Gasteiger partial charge in [0, 0.05) is 10.9 Å². The molecule has 26 heavy (non-hydrogen) atoms. The fourth-order valence-corrected chi connectivity index (χ4v) is 2.95. The number of hydrogen-bond acceptors (Lipinski definition) is 5. The maximum Gasteiger partial charge on any atom is 0.339 e. The number of aryl methyl sites for hydroxylation is 1. The molecule has 0 aliphatic rings. The minimum atomic E-state index is -1.04. The summed E-state index contributed by atoms with van der Waals surface area (Å²) in [5, 5.41) is 14.3. The molecule has 0 spiro atoms. The number of aromatic nitrogens is 1. The highest BCUT2D eigenvalue weighted by Gasteiger charge is 2.11. The molecule has 3 rings (SSSR count). The van der Waals surface area contributed by atoms with E-state index in [0.29, 0.717) is 16.4 Å². The number of carbonyl (C=O) groups excluding carboxylic acids is 1. The van der Waals surface area contributed by atoms with Gasteiger partial charge in [-0.05, 0) is 36.8 Å². The number of ether oxygens (including phenoxy) is 1. The lowest BCUT2D eigenvalue weighted by Crippen LogP contribution is -2.11. The lowest BCUT2D eigenvalue weighted by molar-refractivity contribution is 0.0691. The summed E-state index contributed by atoms with van der Waals surface area (Å²) in [4.78, 5) is 27.6. The minimum absolute atomic E-state index is 0.113. The molecule has 0 bridgehead atoms. The molecule has 0 saturated carbocycles. The third kappa shape index (κ3) is 4.25. The van der Waals surface area contributed by atoms with E-state index in [2.05, 4.69) is 10.3 Å². The van der Waals surface area contributed by atoms with Crippen LogP contribution in [0, 0.1) is 6.92 Å². The molecule has 6 nitrogen and oxygen atoms in total. The maximum atomic E-state index is 12.2. The number of hydrogen-bond donors (Lipinski definition) is 2. The van der Waals surface area contributed by atoms with Crippen LogP contribution in [0.2, 0.25) is 0 Å². The second-order valence-electron chi connectivity index (χ2n) is 5.54. The highest BCUT2D eigenvalue weighted by molar-refractivity contribution is 7.13. The van der Waals surface area contributed by atoms with Crippen LogP contribution in [0.1, 0.15) is 32.0 Å². The number of benzene rings is 2. The summed E-state index contributed by atoms with van der Waals surface area (Å²) in [5.41, 5.74) is 2.31. The molecule has 1 amide bonds. The average molecular weight is 368 g/mol. The molecule has 3 aromatic rings. The van der Waals surface area contributed by atoms with Crippen molar-refractivity contribution in [1.82, 2.24) is 4.98 Å². The van der Waals surface area contributed by atoms with Crippen molar-refractivity contribution in [3.8, 4) is 5.75 Å². The second kappa shape index (κ2) is 7.79. The van der Waals surface area contributed by atoms with Crippen molar-refractivity contribution < 1.29 is 19.4 Å². The number of rotatable bonds is 6. The Morgan fingerprint density at radius 1 is 1.15 bits per heavy atom. The van der Waals surface area contributed by atoms with Crippen LogP contribution in [0.3, 0.4) is 0 Å². The highest BCUT2D eigenvalue weighted by atomic mass is 32.1. The molecule has 0 aliphatic carbocycles. The molecule has 2 N–H and O–H groups in total. The Hall–Kier alpha value is -3.19. The Kier molecular flexibility index (Phi) is 5.28. The van der Waals surface area contributed by atoms with Gasteiger partial charge in [-0.25, -0.2) is 9.78 Å². The summed E-state index contributed by atoms with van der Waals surface area (Å²) in [6.45, 7) is 2.07. The molecule has 132 valence electrons. The molecule has 0 unspecified atom stereocenters. The number of para-hydroxylation sites is 1. The quantitative estimate of drug-likeness (QED) is 0.687. The Bertz CT molecular complexity index is 935. The zero-order valence-electron chi connectivity index (χ0n) is 13.9. The van der Waals surface area contributed by atoms with E-state index < -0.39 is 5.97 Å². The standard InChI is InChI=1S/C19H16N2O4S/c1-12-11-26-19(20-12)21-17(22)14-8-6-13(7-9-14)10-25-16-5-3-2-4-15(16)18(23)24/h2-9,11H,10H2,1H3,(H,23,24)(H,20,21,22). The molecule has 7 heteroatoms. The van der Waals surface area contributed by atoms with Crippen LogP contribution in [-0.2, 0) is 6.61 Å². The Balaban J connectivity index is 1.63. The van der Waals surface area contributed by atoms with Gasteiger partial charge < -0.3 is 9.84 Å². The first-order chi connectivity index (χ1) is 12.5. The van der Waals surface area contributed by atoms with E-state index >= 15 is 0 Å². The summed E-state index contributed by atoms with van der Waals surface area (Å²) in [5.74, 6) is -0.964. The van der Waals surface area contributed by atoms with Gasteiger partial charge in [-0.3, -0.25) is 10.1 Å². The first-order valence-electron chi connectivity index (χ1n) is 7.80. The molecular formula is C19H16N2O4S. The van der Waals surface area contributed by atoms with Gasteiger partial charge in [0.1, 0.15) is 17.9 Å². The first kappa shape index (κ1) is 17.6. The number of aromatic carboxylic acids is 1. The number of anilines is 1. The van der Waals surface area contributed by atoms with Crippen molar-refractivity contribution in [3.05, 3.63) is 76.3 Å². The van der Waals surface area contributed by atoms with Crippen LogP contribution in [-0.4, -0.2) is 22.0 Å². The molecule has 1 aromatic heterocycles. The number of carboxylic acids is 1. The topological polar surface area (TPSA) is 88.5 Å². The van der Waals surface area contributed by atoms with Crippen LogP contribution in [0.25, 0.3) is 0 Å². The van der Waals surface area contributed by atoms with Crippen molar-refractivity contribution in [2.24, 2.45) is 0 Å². The van der Waals surface area contributed by atoms with E-state index in [0.717, 1.165) is 11.3 Å². The number of carboxylic acid groups (broad SMARTS) is 1. The smallest absolute Gasteiger partial charge is 0.339 e. The third-order valence-corrected chi connectivity index (χ3v) is 4.44. The molecular weight excluding hydrogens is 352 g/mol. The van der Waals surface area contributed by atoms with Crippen LogP contribution < -0.4 is 10.1 Å². The average Bonchev–Trinajstić information content (AvgIpc) is 3.05. The maximum absolute atomic E-state index is 12.2. The Labute approximate surface area is 154 Å². The van der Waals surface area contributed by atoms with Gasteiger partial charge in [-0.1, -0.05) is 24.3 Å². The van der Waals surface area contributed by atoms with Gasteiger partial charge in [-0.2, -0.15) is 0 Å². The zero-order valence-corrected chi connectivity index (χ0v) is 14.7. The summed E-state index contributed by atoms with van der Waals surface area (Å²) in [6, 6.07) is 13.4. The van der Waals surface area contributed by atoms with Gasteiger partial charge >= 0.3 is 5.97 Å². The van der Waals surface area contributed by atoms with Crippen molar-refractivity contribution in [2.45, 2.75) is 13.5 Å². The number of nitrogens with one attached hydrogen (secondary N) is 1. The van der Waals surface area contributed by atoms with Crippen LogP contribution in [0.5, 0.6) is 5.75 Å². The minimum Gasteiger partial charge on any atom is -0.488 e. The molecule has 0 radical (unpaired) electrons. The fraction of sp³-hybridized carbons (Fsp3) is 0.105. The van der Waals surface area contributed by atoms with Crippen molar-refractivity contribution in [2.75, 3.05) is 5.32 Å². The van der Waals surface area contributed by atoms with Gasteiger partial charge in [0.15, 0.2) is 5.13 Å². The second-order valence-corrected chi connectivity index (χ2v) is 6.39. The normalized spacial score (nSPS) is 10.3. The van der Waals surface area contributed by atoms with E-state index in [9.17, 15) is 9.59 Å². The SMILES string of the molecule is Cc1csc(NC(=O)c2ccc(COc3ccccc3C(=O)O)cc2)n1. The van der Waals surface area contributed by atoms with Crippen molar-refractivity contribution in [1.29, 1.82) is 0 Å². The number of carbonyl (C=O) groups is 2. The van der Waals surface area contributed by atoms with Crippen molar-refractivity contribution in [3.63, 3.8) is 0 Å². The molecule has 2 aromatic carbocycles. The first-order valence-corrected chi connectivity index (χ1v) is 8.68. The van der Waals surface area contributed by atoms with Crippen molar-refractivity contribution >= 4 is 28.3 Å². The molecule has 0 fully saturated rings. The van der Waals surface area contributed by atoms with Gasteiger partial charge in [0.25, 0.3) is 5.91 Å².